The molecule has 0 bridgehead atoms. The number of amides is 1. The van der Waals surface area contributed by atoms with Crippen molar-refractivity contribution in [2.24, 2.45) is 22.7 Å². The van der Waals surface area contributed by atoms with Gasteiger partial charge in [-0.3, -0.25) is 14.6 Å². The quantitative estimate of drug-likeness (QED) is 0.351. The number of rotatable bonds is 8. The molecule has 1 saturated heterocycles. The van der Waals surface area contributed by atoms with E-state index in [0.717, 1.165) is 34.5 Å². The highest BCUT2D eigenvalue weighted by molar-refractivity contribution is 5.97. The topological polar surface area (TPSA) is 118 Å². The van der Waals surface area contributed by atoms with E-state index in [0.29, 0.717) is 24.6 Å². The maximum absolute atomic E-state index is 12.5. The van der Waals surface area contributed by atoms with Crippen LogP contribution in [0.25, 0.3) is 5.70 Å². The lowest BCUT2D eigenvalue weighted by Crippen LogP contribution is -2.31. The molecule has 1 amide bonds. The first-order chi connectivity index (χ1) is 16.2. The van der Waals surface area contributed by atoms with Gasteiger partial charge in [-0.1, -0.05) is 44.7 Å². The second kappa shape index (κ2) is 11.1. The van der Waals surface area contributed by atoms with Gasteiger partial charge >= 0.3 is 5.97 Å². The highest BCUT2D eigenvalue weighted by Gasteiger charge is 2.30. The second-order valence-corrected chi connectivity index (χ2v) is 9.11. The lowest BCUT2D eigenvalue weighted by atomic mass is 10.0. The molecule has 1 aliphatic heterocycles. The maximum atomic E-state index is 12.5. The van der Waals surface area contributed by atoms with Gasteiger partial charge in [0, 0.05) is 30.0 Å². The highest BCUT2D eigenvalue weighted by atomic mass is 16.6. The van der Waals surface area contributed by atoms with Crippen LogP contribution < -0.4 is 5.90 Å². The predicted octanol–water partition coefficient (Wildman–Crippen LogP) is 3.37. The molecule has 34 heavy (non-hydrogen) atoms. The molecule has 2 heterocycles. The molecule has 0 saturated carbocycles. The summed E-state index contributed by atoms with van der Waals surface area (Å²) in [5, 5.41) is 9.12. The average molecular weight is 465 g/mol. The van der Waals surface area contributed by atoms with Crippen molar-refractivity contribution in [3.63, 3.8) is 0 Å². The molecule has 8 nitrogen and oxygen atoms in total. The van der Waals surface area contributed by atoms with Crippen LogP contribution in [0, 0.1) is 18.8 Å². The number of nitrogens with zero attached hydrogens (tertiary/aromatic N) is 3. The number of aryl methyl sites for hydroxylation is 1. The first-order valence-electron chi connectivity index (χ1n) is 11.4. The summed E-state index contributed by atoms with van der Waals surface area (Å²) < 4.78 is 0. The van der Waals surface area contributed by atoms with Crippen molar-refractivity contribution in [3.8, 4) is 0 Å². The van der Waals surface area contributed by atoms with Gasteiger partial charge in [-0.25, -0.2) is 4.99 Å². The van der Waals surface area contributed by atoms with Crippen molar-refractivity contribution < 1.29 is 19.5 Å². The van der Waals surface area contributed by atoms with Gasteiger partial charge in [-0.05, 0) is 48.9 Å². The molecule has 0 radical (unpaired) electrons. The van der Waals surface area contributed by atoms with E-state index in [1.165, 1.54) is 0 Å². The summed E-state index contributed by atoms with van der Waals surface area (Å²) >= 11 is 0. The normalized spacial score (nSPS) is 16.1. The monoisotopic (exact) mass is 464 g/mol. The summed E-state index contributed by atoms with van der Waals surface area (Å²) in [5.41, 5.74) is 4.61. The molecule has 1 fully saturated rings. The van der Waals surface area contributed by atoms with Crippen molar-refractivity contribution in [3.05, 3.63) is 71.1 Å². The van der Waals surface area contributed by atoms with E-state index in [9.17, 15) is 9.59 Å². The number of carbonyl (C=O) groups is 2. The summed E-state index contributed by atoms with van der Waals surface area (Å²) in [5.74, 6) is 4.85. The third-order valence-electron chi connectivity index (χ3n) is 5.75. The smallest absolute Gasteiger partial charge is 0.308 e. The van der Waals surface area contributed by atoms with Crippen molar-refractivity contribution in [1.82, 2.24) is 9.88 Å². The van der Waals surface area contributed by atoms with E-state index in [-0.39, 0.29) is 24.8 Å². The average Bonchev–Trinajstić information content (AvgIpc) is 3.28. The first-order valence-corrected chi connectivity index (χ1v) is 11.4. The number of carbonyl (C=O) groups excluding carboxylic acids is 1. The molecule has 2 aromatic rings. The van der Waals surface area contributed by atoms with E-state index in [1.807, 2.05) is 43.3 Å². The Labute approximate surface area is 200 Å². The summed E-state index contributed by atoms with van der Waals surface area (Å²) in [6.45, 7) is 11.0. The number of likely N-dealkylation sites (tertiary alicyclic amines) is 1. The molecule has 3 rings (SSSR count). The van der Waals surface area contributed by atoms with Crippen molar-refractivity contribution >= 4 is 23.5 Å². The lowest BCUT2D eigenvalue weighted by Gasteiger charge is -2.16. The van der Waals surface area contributed by atoms with Crippen LogP contribution in [0.5, 0.6) is 0 Å². The Hall–Kier alpha value is -3.52. The van der Waals surface area contributed by atoms with Gasteiger partial charge in [0.2, 0.25) is 11.8 Å². The zero-order valence-corrected chi connectivity index (χ0v) is 20.0. The van der Waals surface area contributed by atoms with Gasteiger partial charge in [-0.2, -0.15) is 5.90 Å². The Balaban J connectivity index is 1.69. The minimum atomic E-state index is -0.849. The Kier molecular flexibility index (Phi) is 8.17. The molecule has 1 aromatic carbocycles. The molecule has 1 unspecified atom stereocenters. The van der Waals surface area contributed by atoms with Crippen LogP contribution in [-0.2, 0) is 27.3 Å². The Morgan fingerprint density at radius 3 is 2.56 bits per heavy atom. The molecular formula is C26H32N4O4. The van der Waals surface area contributed by atoms with E-state index in [1.54, 1.807) is 4.90 Å². The fraction of sp³-hybridized carbons (Fsp3) is 0.385. The standard InChI is InChI=1S/C26H32N4O4/c1-16(2)11-23-14-22(12-17(3)28-23)25(34-27)29-18(4)20-7-5-19(6-8-20)13-24(31)30-10-9-21(15-30)26(32)33/h5-8,12,14,16,21H,4,9-11,13,15,27H2,1-3H3,(H,32,33). The Bertz CT molecular complexity index is 1090. The molecule has 1 aliphatic rings. The van der Waals surface area contributed by atoms with Crippen LogP contribution in [0.4, 0.5) is 0 Å². The molecule has 1 atom stereocenters. The number of pyridine rings is 1. The highest BCUT2D eigenvalue weighted by Crippen LogP contribution is 2.20. The van der Waals surface area contributed by atoms with Crippen LogP contribution >= 0.6 is 0 Å². The number of nitrogens with two attached hydrogens (primary N) is 1. The predicted molar refractivity (Wildman–Crippen MR) is 131 cm³/mol. The van der Waals surface area contributed by atoms with Crippen molar-refractivity contribution in [1.29, 1.82) is 0 Å². The number of hydrogen-bond donors (Lipinski definition) is 2. The van der Waals surface area contributed by atoms with Gasteiger partial charge in [0.25, 0.3) is 0 Å². The lowest BCUT2D eigenvalue weighted by molar-refractivity contribution is -0.141. The molecule has 3 N–H and O–H groups in total. The summed E-state index contributed by atoms with van der Waals surface area (Å²) in [7, 11) is 0. The summed E-state index contributed by atoms with van der Waals surface area (Å²) in [4.78, 5) is 39.4. The summed E-state index contributed by atoms with van der Waals surface area (Å²) in [6, 6.07) is 11.2. The van der Waals surface area contributed by atoms with Crippen molar-refractivity contribution in [2.75, 3.05) is 13.1 Å². The van der Waals surface area contributed by atoms with Crippen LogP contribution in [0.15, 0.2) is 48.0 Å². The van der Waals surface area contributed by atoms with Crippen LogP contribution in [0.1, 0.15) is 48.3 Å². The molecular weight excluding hydrogens is 432 g/mol. The van der Waals surface area contributed by atoms with Gasteiger partial charge in [0.1, 0.15) is 0 Å². The number of aliphatic carboxylic acids is 1. The first kappa shape index (κ1) is 25.1. The number of aliphatic imine (C=N–C) groups is 1. The fourth-order valence-electron chi connectivity index (χ4n) is 4.02. The van der Waals surface area contributed by atoms with E-state index in [2.05, 4.69) is 30.4 Å². The minimum absolute atomic E-state index is 0.0718. The summed E-state index contributed by atoms with van der Waals surface area (Å²) in [6.07, 6.45) is 1.55. The van der Waals surface area contributed by atoms with E-state index in [4.69, 9.17) is 15.8 Å². The minimum Gasteiger partial charge on any atom is -0.481 e. The number of carboxylic acid groups (broad SMARTS) is 1. The van der Waals surface area contributed by atoms with Gasteiger partial charge in [0.05, 0.1) is 18.0 Å². The number of benzene rings is 1. The second-order valence-electron chi connectivity index (χ2n) is 9.11. The molecule has 0 aliphatic carbocycles. The van der Waals surface area contributed by atoms with E-state index < -0.39 is 11.9 Å². The van der Waals surface area contributed by atoms with Gasteiger partial charge in [-0.15, -0.1) is 0 Å². The van der Waals surface area contributed by atoms with Crippen LogP contribution in [0.2, 0.25) is 0 Å². The van der Waals surface area contributed by atoms with Crippen LogP contribution in [0.3, 0.4) is 0 Å². The molecule has 1 aromatic heterocycles. The third kappa shape index (κ3) is 6.51. The van der Waals surface area contributed by atoms with Crippen LogP contribution in [-0.4, -0.2) is 45.9 Å². The molecule has 0 spiro atoms. The van der Waals surface area contributed by atoms with Crippen molar-refractivity contribution in [2.45, 2.75) is 40.0 Å². The van der Waals surface area contributed by atoms with E-state index >= 15 is 0 Å². The zero-order valence-electron chi connectivity index (χ0n) is 20.0. The molecule has 180 valence electrons. The zero-order chi connectivity index (χ0) is 24.8. The SMILES string of the molecule is C=C(N=C(ON)c1cc(C)nc(CC(C)C)c1)c1ccc(CC(=O)N2CCC(C(=O)O)C2)cc1. The number of aromatic nitrogens is 1. The van der Waals surface area contributed by atoms with Gasteiger partial charge < -0.3 is 14.8 Å². The maximum Gasteiger partial charge on any atom is 0.308 e. The van der Waals surface area contributed by atoms with Gasteiger partial charge in [0.15, 0.2) is 0 Å². The number of hydrogen-bond acceptors (Lipinski definition) is 6. The third-order valence-corrected chi connectivity index (χ3v) is 5.75. The fourth-order valence-corrected chi connectivity index (χ4v) is 4.02. The number of carboxylic acids is 1. The Morgan fingerprint density at radius 1 is 1.26 bits per heavy atom. The largest absolute Gasteiger partial charge is 0.481 e. The Morgan fingerprint density at radius 2 is 1.97 bits per heavy atom. The molecule has 8 heteroatoms.